The van der Waals surface area contributed by atoms with Gasteiger partial charge in [-0.3, -0.25) is 9.78 Å². The summed E-state index contributed by atoms with van der Waals surface area (Å²) >= 11 is 8.95. The van der Waals surface area contributed by atoms with Crippen LogP contribution in [0.2, 0.25) is 0 Å². The molecule has 0 saturated heterocycles. The number of anilines is 1. The number of hydrogen-bond donors (Lipinski definition) is 1. The lowest BCUT2D eigenvalue weighted by atomic mass is 10.1. The van der Waals surface area contributed by atoms with Crippen LogP contribution in [0.25, 0.3) is 0 Å². The molecule has 0 saturated carbocycles. The molecule has 0 atom stereocenters. The van der Waals surface area contributed by atoms with Gasteiger partial charge in [-0.05, 0) is 35.9 Å². The van der Waals surface area contributed by atoms with Crippen molar-refractivity contribution in [1.29, 1.82) is 0 Å². The fourth-order valence-electron chi connectivity index (χ4n) is 1.71. The van der Waals surface area contributed by atoms with E-state index < -0.39 is 0 Å². The molecule has 0 aliphatic heterocycles. The Kier molecular flexibility index (Phi) is 4.93. The third-order valence-electron chi connectivity index (χ3n) is 2.56. The second-order valence-corrected chi connectivity index (χ2v) is 5.16. The fraction of sp³-hybridized carbons (Fsp3) is 0.143. The van der Waals surface area contributed by atoms with Crippen LogP contribution in [0.3, 0.4) is 0 Å². The Hall–Kier alpha value is -1.39. The number of amides is 1. The van der Waals surface area contributed by atoms with Crippen LogP contribution < -0.4 is 5.32 Å². The summed E-state index contributed by atoms with van der Waals surface area (Å²) in [5.74, 6) is -0.273. The Morgan fingerprint density at radius 2 is 2.16 bits per heavy atom. The maximum Gasteiger partial charge on any atom is 0.239 e. The molecule has 1 heterocycles. The molecule has 5 heteroatoms. The van der Waals surface area contributed by atoms with Gasteiger partial charge in [0.15, 0.2) is 0 Å². The van der Waals surface area contributed by atoms with E-state index in [1.54, 1.807) is 6.20 Å². The lowest BCUT2D eigenvalue weighted by Gasteiger charge is -2.10. The van der Waals surface area contributed by atoms with Gasteiger partial charge in [-0.15, -0.1) is 11.6 Å². The summed E-state index contributed by atoms with van der Waals surface area (Å²) in [6, 6.07) is 11.5. The molecule has 0 aliphatic rings. The summed E-state index contributed by atoms with van der Waals surface area (Å²) in [4.78, 5) is 15.7. The molecule has 0 aliphatic carbocycles. The molecule has 2 aromatic rings. The van der Waals surface area contributed by atoms with Crippen LogP contribution in [0.15, 0.2) is 47.1 Å². The van der Waals surface area contributed by atoms with Gasteiger partial charge in [0.25, 0.3) is 0 Å². The highest BCUT2D eigenvalue weighted by molar-refractivity contribution is 9.10. The van der Waals surface area contributed by atoms with Crippen molar-refractivity contribution in [3.63, 3.8) is 0 Å². The molecule has 0 bridgehead atoms. The second kappa shape index (κ2) is 6.68. The highest BCUT2D eigenvalue weighted by Crippen LogP contribution is 2.23. The Balaban J connectivity index is 2.27. The number of carbonyl (C=O) groups is 1. The molecule has 1 aromatic carbocycles. The van der Waals surface area contributed by atoms with Crippen LogP contribution in [0.5, 0.6) is 0 Å². The Bertz CT molecular complexity index is 575. The van der Waals surface area contributed by atoms with Crippen molar-refractivity contribution in [3.05, 3.63) is 58.3 Å². The number of rotatable bonds is 4. The van der Waals surface area contributed by atoms with E-state index in [-0.39, 0.29) is 11.8 Å². The number of halogens is 2. The number of aromatic nitrogens is 1. The van der Waals surface area contributed by atoms with E-state index in [9.17, 15) is 4.79 Å². The van der Waals surface area contributed by atoms with Crippen LogP contribution >= 0.6 is 27.5 Å². The summed E-state index contributed by atoms with van der Waals surface area (Å²) < 4.78 is 0.960. The molecule has 1 amide bonds. The molecule has 0 unspecified atom stereocenters. The van der Waals surface area contributed by atoms with Crippen LogP contribution in [-0.4, -0.2) is 16.8 Å². The van der Waals surface area contributed by atoms with Crippen molar-refractivity contribution in [1.82, 2.24) is 4.98 Å². The quantitative estimate of drug-likeness (QED) is 0.865. The Labute approximate surface area is 125 Å². The van der Waals surface area contributed by atoms with Gasteiger partial charge in [0.05, 0.1) is 0 Å². The number of hydrogen-bond acceptors (Lipinski definition) is 2. The third-order valence-corrected chi connectivity index (χ3v) is 3.30. The largest absolute Gasteiger partial charge is 0.325 e. The number of pyridine rings is 1. The van der Waals surface area contributed by atoms with Gasteiger partial charge in [0, 0.05) is 28.5 Å². The predicted molar refractivity (Wildman–Crippen MR) is 80.5 cm³/mol. The first-order valence-corrected chi connectivity index (χ1v) is 7.06. The van der Waals surface area contributed by atoms with Gasteiger partial charge in [-0.2, -0.15) is 0 Å². The number of carbonyl (C=O) groups excluding carboxylic acids is 1. The molecule has 1 aromatic heterocycles. The monoisotopic (exact) mass is 338 g/mol. The maximum atomic E-state index is 11.4. The van der Waals surface area contributed by atoms with E-state index in [2.05, 4.69) is 26.2 Å². The van der Waals surface area contributed by atoms with Gasteiger partial charge in [0.2, 0.25) is 5.91 Å². The number of nitrogens with one attached hydrogen (secondary N) is 1. The lowest BCUT2D eigenvalue weighted by Crippen LogP contribution is -2.14. The van der Waals surface area contributed by atoms with Crippen molar-refractivity contribution in [2.45, 2.75) is 6.42 Å². The normalized spacial score (nSPS) is 10.2. The van der Waals surface area contributed by atoms with Crippen LogP contribution in [0.1, 0.15) is 11.3 Å². The first-order chi connectivity index (χ1) is 9.19. The summed E-state index contributed by atoms with van der Waals surface area (Å²) in [6.45, 7) is 0. The minimum absolute atomic E-state index is 0.0565. The number of benzene rings is 1. The smallest absolute Gasteiger partial charge is 0.239 e. The van der Waals surface area contributed by atoms with E-state index in [1.807, 2.05) is 36.4 Å². The van der Waals surface area contributed by atoms with E-state index in [0.29, 0.717) is 6.42 Å². The molecule has 2 rings (SSSR count). The SMILES string of the molecule is O=C(CCl)Nc1ccc(Br)cc1Cc1ccccn1. The molecule has 1 N–H and O–H groups in total. The lowest BCUT2D eigenvalue weighted by molar-refractivity contribution is -0.113. The Morgan fingerprint density at radius 3 is 2.84 bits per heavy atom. The summed E-state index contributed by atoms with van der Waals surface area (Å²) in [5, 5.41) is 2.79. The summed E-state index contributed by atoms with van der Waals surface area (Å²) in [6.07, 6.45) is 2.41. The molecular formula is C14H12BrClN2O. The maximum absolute atomic E-state index is 11.4. The molecule has 0 spiro atoms. The third kappa shape index (κ3) is 4.04. The number of alkyl halides is 1. The summed E-state index contributed by atoms with van der Waals surface area (Å²) in [5.41, 5.74) is 2.70. The van der Waals surface area contributed by atoms with E-state index >= 15 is 0 Å². The highest BCUT2D eigenvalue weighted by atomic mass is 79.9. The first-order valence-electron chi connectivity index (χ1n) is 5.73. The van der Waals surface area contributed by atoms with Gasteiger partial charge in [-0.25, -0.2) is 0 Å². The molecule has 0 radical (unpaired) electrons. The second-order valence-electron chi connectivity index (χ2n) is 3.98. The van der Waals surface area contributed by atoms with E-state index in [1.165, 1.54) is 0 Å². The van der Waals surface area contributed by atoms with E-state index in [0.717, 1.165) is 21.4 Å². The zero-order valence-electron chi connectivity index (χ0n) is 10.1. The van der Waals surface area contributed by atoms with Crippen LogP contribution in [-0.2, 0) is 11.2 Å². The van der Waals surface area contributed by atoms with Gasteiger partial charge < -0.3 is 5.32 Å². The average Bonchev–Trinajstić information content (AvgIpc) is 2.43. The topological polar surface area (TPSA) is 42.0 Å². The minimum Gasteiger partial charge on any atom is -0.325 e. The van der Waals surface area contributed by atoms with Crippen molar-refractivity contribution in [3.8, 4) is 0 Å². The molecule has 19 heavy (non-hydrogen) atoms. The van der Waals surface area contributed by atoms with Gasteiger partial charge in [-0.1, -0.05) is 22.0 Å². The first kappa shape index (κ1) is 14.0. The van der Waals surface area contributed by atoms with E-state index in [4.69, 9.17) is 11.6 Å². The molecule has 98 valence electrons. The van der Waals surface area contributed by atoms with Crippen molar-refractivity contribution in [2.75, 3.05) is 11.2 Å². The van der Waals surface area contributed by atoms with Crippen LogP contribution in [0, 0.1) is 0 Å². The fourth-order valence-corrected chi connectivity index (χ4v) is 2.19. The highest BCUT2D eigenvalue weighted by Gasteiger charge is 2.08. The summed E-state index contributed by atoms with van der Waals surface area (Å²) in [7, 11) is 0. The van der Waals surface area contributed by atoms with Gasteiger partial charge in [0.1, 0.15) is 5.88 Å². The van der Waals surface area contributed by atoms with Crippen molar-refractivity contribution >= 4 is 39.1 Å². The van der Waals surface area contributed by atoms with Crippen molar-refractivity contribution in [2.24, 2.45) is 0 Å². The zero-order chi connectivity index (χ0) is 13.7. The predicted octanol–water partition coefficient (Wildman–Crippen LogP) is 3.61. The molecular weight excluding hydrogens is 328 g/mol. The molecule has 0 fully saturated rings. The van der Waals surface area contributed by atoms with Crippen molar-refractivity contribution < 1.29 is 4.79 Å². The Morgan fingerprint density at radius 1 is 1.32 bits per heavy atom. The zero-order valence-corrected chi connectivity index (χ0v) is 12.4. The van der Waals surface area contributed by atoms with Crippen LogP contribution in [0.4, 0.5) is 5.69 Å². The average molecular weight is 340 g/mol. The molecule has 3 nitrogen and oxygen atoms in total. The van der Waals surface area contributed by atoms with Gasteiger partial charge >= 0.3 is 0 Å². The standard InChI is InChI=1S/C14H12BrClN2O/c15-11-4-5-13(18-14(19)9-16)10(7-11)8-12-3-1-2-6-17-12/h1-7H,8-9H2,(H,18,19). The minimum atomic E-state index is -0.216. The number of nitrogens with zero attached hydrogens (tertiary/aromatic N) is 1.